The summed E-state index contributed by atoms with van der Waals surface area (Å²) in [6.07, 6.45) is 35.9. The number of ether oxygens (including phenoxy) is 5. The molecule has 28 heteroatoms. The standard InChI is InChI=1S/C27H47NO6S.C26H45NO6S.C21H36BrNO6S.3Na/c1-6-7-8-9-10-11-12-13-14-15-17-24(34-27(29)28-18-16-19-35(30,31)32)26-21(2)20-25(33-5)22(3)23(26)4;1-5-6-7-8-9-10-11-12-13-14-16-24(25-21(2)19-23(32-4)20-22(25)3)33-26(28)27-17-15-18-34(29,30)31;1-2-3-4-5-6-7-8-9-10-11-13-18(19-14-15-20(22)28-19)29-21(24)23-16-12-17-30(25,26)27;;;/h20,24H,6-19H2,1-5H3,(H,28,29)(H,30,31,32);19-20,24H,5-18H2,1-4H3,(H,27,28)(H,29,30,31);14-15,18H,2-13,16-17H2,1H3,(H,23,24)(H,25,26,27);;;/q;;;3*+1/p-3. The summed E-state index contributed by atoms with van der Waals surface area (Å²) >= 11 is 3.26. The number of aryl methyl sites for hydroxylation is 3. The van der Waals surface area contributed by atoms with Crippen molar-refractivity contribution in [1.29, 1.82) is 0 Å². The van der Waals surface area contributed by atoms with Crippen LogP contribution in [0, 0.1) is 34.6 Å². The van der Waals surface area contributed by atoms with Crippen molar-refractivity contribution >= 4 is 64.6 Å². The topological polar surface area (TPSA) is 318 Å². The summed E-state index contributed by atoms with van der Waals surface area (Å²) in [6, 6.07) is 9.37. The number of halogens is 1. The maximum absolute atomic E-state index is 12.5. The number of hydrogen-bond donors (Lipinski definition) is 3. The molecule has 572 valence electrons. The molecule has 0 radical (unpaired) electrons. The van der Waals surface area contributed by atoms with E-state index in [1.807, 2.05) is 52.8 Å². The molecule has 0 saturated carbocycles. The number of carbonyl (C=O) groups is 3. The number of benzene rings is 2. The van der Waals surface area contributed by atoms with Gasteiger partial charge in [-0.15, -0.1) is 0 Å². The third kappa shape index (κ3) is 54.0. The van der Waals surface area contributed by atoms with Gasteiger partial charge < -0.3 is 57.7 Å². The van der Waals surface area contributed by atoms with E-state index in [0.717, 1.165) is 95.4 Å². The van der Waals surface area contributed by atoms with Crippen LogP contribution in [0.2, 0.25) is 0 Å². The monoisotopic (exact) mass is 1590 g/mol. The number of hydrogen-bond acceptors (Lipinski definition) is 18. The Bertz CT molecular complexity index is 3010. The summed E-state index contributed by atoms with van der Waals surface area (Å²) in [5.74, 6) is 0.608. The van der Waals surface area contributed by atoms with Gasteiger partial charge in [-0.3, -0.25) is 0 Å². The van der Waals surface area contributed by atoms with Crippen LogP contribution in [0.1, 0.15) is 315 Å². The molecule has 1 heterocycles. The number of amides is 3. The molecular weight excluding hydrogens is 1460 g/mol. The van der Waals surface area contributed by atoms with Crippen molar-refractivity contribution in [3.05, 3.63) is 79.7 Å². The number of carbonyl (C=O) groups excluding carboxylic acids is 3. The zero-order valence-electron chi connectivity index (χ0n) is 64.8. The summed E-state index contributed by atoms with van der Waals surface area (Å²) in [5, 5.41) is 7.63. The fraction of sp³-hybridized carbons (Fsp3) is 0.743. The molecule has 3 aromatic rings. The molecule has 102 heavy (non-hydrogen) atoms. The van der Waals surface area contributed by atoms with Crippen LogP contribution in [0.5, 0.6) is 11.5 Å². The van der Waals surface area contributed by atoms with Gasteiger partial charge in [0, 0.05) is 36.9 Å². The third-order valence-corrected chi connectivity index (χ3v) is 20.2. The van der Waals surface area contributed by atoms with E-state index in [2.05, 4.69) is 52.7 Å². The van der Waals surface area contributed by atoms with Crippen molar-refractivity contribution in [2.45, 2.75) is 305 Å². The van der Waals surface area contributed by atoms with Gasteiger partial charge in [0.25, 0.3) is 0 Å². The first kappa shape index (κ1) is 105. The van der Waals surface area contributed by atoms with E-state index in [9.17, 15) is 53.3 Å². The number of unbranched alkanes of at least 4 members (excludes halogenated alkanes) is 27. The first-order chi connectivity index (χ1) is 47.1. The Balaban J connectivity index is -0.00000142. The molecule has 0 bridgehead atoms. The van der Waals surface area contributed by atoms with E-state index in [4.69, 9.17) is 28.1 Å². The third-order valence-electron chi connectivity index (χ3n) is 17.4. The maximum atomic E-state index is 12.5. The van der Waals surface area contributed by atoms with Crippen molar-refractivity contribution in [2.75, 3.05) is 51.1 Å². The van der Waals surface area contributed by atoms with Crippen LogP contribution in [0.4, 0.5) is 14.4 Å². The Morgan fingerprint density at radius 3 is 1.00 bits per heavy atom. The van der Waals surface area contributed by atoms with Crippen molar-refractivity contribution in [2.24, 2.45) is 0 Å². The minimum Gasteiger partial charge on any atom is -0.748 e. The van der Waals surface area contributed by atoms with E-state index < -0.39 is 84.2 Å². The van der Waals surface area contributed by atoms with Gasteiger partial charge in [-0.25, -0.2) is 39.6 Å². The summed E-state index contributed by atoms with van der Waals surface area (Å²) in [4.78, 5) is 36.9. The Labute approximate surface area is 690 Å². The number of nitrogens with one attached hydrogen (secondary N) is 3. The Morgan fingerprint density at radius 2 is 0.706 bits per heavy atom. The largest absolute Gasteiger partial charge is 1.00 e. The molecule has 1 aromatic heterocycles. The smallest absolute Gasteiger partial charge is 0.748 e. The van der Waals surface area contributed by atoms with Gasteiger partial charge in [0.15, 0.2) is 10.8 Å². The van der Waals surface area contributed by atoms with Gasteiger partial charge in [0.05, 0.1) is 44.6 Å². The molecule has 3 atom stereocenters. The number of furan rings is 1. The van der Waals surface area contributed by atoms with E-state index in [1.54, 1.807) is 26.4 Å². The molecule has 3 N–H and O–H groups in total. The van der Waals surface area contributed by atoms with Crippen LogP contribution in [-0.4, -0.2) is 108 Å². The van der Waals surface area contributed by atoms with Gasteiger partial charge in [-0.1, -0.05) is 194 Å². The molecule has 3 unspecified atom stereocenters. The van der Waals surface area contributed by atoms with Gasteiger partial charge >= 0.3 is 107 Å². The quantitative estimate of drug-likeness (QED) is 0.0205. The van der Waals surface area contributed by atoms with Gasteiger partial charge in [0.1, 0.15) is 29.5 Å². The first-order valence-electron chi connectivity index (χ1n) is 36.8. The minimum atomic E-state index is -4.29. The van der Waals surface area contributed by atoms with Crippen molar-refractivity contribution in [1.82, 2.24) is 16.0 Å². The second kappa shape index (κ2) is 63.2. The number of alkyl carbamates (subject to hydrolysis) is 3. The summed E-state index contributed by atoms with van der Waals surface area (Å²) in [7, 11) is -9.58. The van der Waals surface area contributed by atoms with Crippen LogP contribution in [0.25, 0.3) is 0 Å². The molecule has 0 aliphatic carbocycles. The average Bonchev–Trinajstić information content (AvgIpc) is 0.935. The van der Waals surface area contributed by atoms with Crippen LogP contribution in [0.15, 0.2) is 39.4 Å². The molecule has 0 saturated heterocycles. The molecule has 21 nitrogen and oxygen atoms in total. The fourth-order valence-corrected chi connectivity index (χ4v) is 13.7. The van der Waals surface area contributed by atoms with E-state index in [0.29, 0.717) is 29.7 Å². The normalized spacial score (nSPS) is 12.1. The number of rotatable bonds is 53. The van der Waals surface area contributed by atoms with Crippen LogP contribution in [0.3, 0.4) is 0 Å². The molecule has 0 aliphatic heterocycles. The molecule has 2 aromatic carbocycles. The van der Waals surface area contributed by atoms with Crippen molar-refractivity contribution in [3.8, 4) is 11.5 Å². The first-order valence-corrected chi connectivity index (χ1v) is 42.3. The Hall–Kier alpha value is -1.66. The minimum absolute atomic E-state index is 0. The molecule has 3 rings (SSSR count). The number of methoxy groups -OCH3 is 2. The van der Waals surface area contributed by atoms with E-state index in [1.165, 1.54) is 148 Å². The maximum Gasteiger partial charge on any atom is 1.00 e. The zero-order chi connectivity index (χ0) is 73.9. The SMILES string of the molecule is CCCCCCCCCCCCC(OC(=O)NCCCS(=O)(=O)[O-])c1c(C)cc(OC)c(C)c1C.CCCCCCCCCCCCC(OC(=O)NCCCS(=O)(=O)[O-])c1c(C)cc(OC)cc1C.CCCCCCCCCCCCC(OC(=O)NCCCS(=O)(=O)[O-])c1ccc(Br)o1.[Na+].[Na+].[Na+]. The fourth-order valence-electron chi connectivity index (χ4n) is 11.9. The van der Waals surface area contributed by atoms with Gasteiger partial charge in [-0.2, -0.15) is 0 Å². The molecule has 3 amide bonds. The molecule has 0 aliphatic rings. The average molecular weight is 1590 g/mol. The van der Waals surface area contributed by atoms with Crippen molar-refractivity contribution < 1.29 is 170 Å². The van der Waals surface area contributed by atoms with Crippen LogP contribution < -0.4 is 114 Å². The predicted molar refractivity (Wildman–Crippen MR) is 395 cm³/mol. The Morgan fingerprint density at radius 1 is 0.412 bits per heavy atom. The van der Waals surface area contributed by atoms with E-state index in [-0.39, 0.29) is 128 Å². The molecule has 0 spiro atoms. The van der Waals surface area contributed by atoms with Crippen molar-refractivity contribution in [3.63, 3.8) is 0 Å². The van der Waals surface area contributed by atoms with Gasteiger partial charge in [-0.05, 0) is 178 Å². The predicted octanol–water partition coefficient (Wildman–Crippen LogP) is 10.0. The molecule has 0 fully saturated rings. The summed E-state index contributed by atoms with van der Waals surface area (Å²) in [5.41, 5.74) is 7.05. The van der Waals surface area contributed by atoms with Gasteiger partial charge in [0.2, 0.25) is 0 Å². The van der Waals surface area contributed by atoms with Crippen LogP contribution in [-0.2, 0) is 44.6 Å². The Kier molecular flexibility index (Phi) is 64.7. The van der Waals surface area contributed by atoms with Crippen LogP contribution >= 0.6 is 15.9 Å². The zero-order valence-corrected chi connectivity index (χ0v) is 74.8. The summed E-state index contributed by atoms with van der Waals surface area (Å²) in [6.45, 7) is 16.9. The second-order valence-corrected chi connectivity index (χ2v) is 31.4. The van der Waals surface area contributed by atoms with E-state index >= 15 is 0 Å². The molecular formula is C74H125BrN3Na3O18S3. The summed E-state index contributed by atoms with van der Waals surface area (Å²) < 4.78 is 130. The second-order valence-electron chi connectivity index (χ2n) is 26.1.